The molecule has 0 aromatic heterocycles. The van der Waals surface area contributed by atoms with Crippen LogP contribution in [0, 0.1) is 0 Å². The van der Waals surface area contributed by atoms with E-state index in [-0.39, 0.29) is 5.91 Å². The number of hydrogen-bond acceptors (Lipinski definition) is 3. The van der Waals surface area contributed by atoms with Crippen LogP contribution in [0.4, 0.5) is 11.4 Å². The normalized spacial score (nSPS) is 18.6. The Hall–Kier alpha value is -1.16. The number of nitrogen functional groups attached to an aromatic ring is 1. The fourth-order valence-corrected chi connectivity index (χ4v) is 2.44. The van der Waals surface area contributed by atoms with Gasteiger partial charge in [-0.1, -0.05) is 0 Å². The van der Waals surface area contributed by atoms with E-state index in [1.807, 2.05) is 26.0 Å². The van der Waals surface area contributed by atoms with Crippen LogP contribution in [0.25, 0.3) is 0 Å². The molecule has 0 saturated carbocycles. The third-order valence-corrected chi connectivity index (χ3v) is 3.42. The fourth-order valence-electron chi connectivity index (χ4n) is 1.32. The Morgan fingerprint density at radius 2 is 2.14 bits per heavy atom. The quantitative estimate of drug-likeness (QED) is 0.642. The molecular weight excluding hydrogens is 196 g/mol. The monoisotopic (exact) mass is 208 g/mol. The van der Waals surface area contributed by atoms with E-state index in [9.17, 15) is 4.79 Å². The number of nitrogens with one attached hydrogen (secondary N) is 1. The van der Waals surface area contributed by atoms with Gasteiger partial charge in [0.1, 0.15) is 0 Å². The topological polar surface area (TPSA) is 55.1 Å². The van der Waals surface area contributed by atoms with Crippen LogP contribution in [0.15, 0.2) is 23.1 Å². The van der Waals surface area contributed by atoms with E-state index in [0.717, 1.165) is 16.3 Å². The SMILES string of the molecule is CC1(C)Sc2cc(N)ccc2NC1=O. The van der Waals surface area contributed by atoms with Crippen LogP contribution in [-0.4, -0.2) is 10.7 Å². The molecule has 1 aromatic carbocycles. The van der Waals surface area contributed by atoms with Crippen molar-refractivity contribution in [1.82, 2.24) is 0 Å². The van der Waals surface area contributed by atoms with E-state index < -0.39 is 4.75 Å². The van der Waals surface area contributed by atoms with E-state index >= 15 is 0 Å². The molecule has 0 saturated heterocycles. The molecular formula is C10H12N2OS. The van der Waals surface area contributed by atoms with Gasteiger partial charge in [0.15, 0.2) is 0 Å². The van der Waals surface area contributed by atoms with Crippen molar-refractivity contribution in [3.63, 3.8) is 0 Å². The van der Waals surface area contributed by atoms with Crippen molar-refractivity contribution in [3.05, 3.63) is 18.2 Å². The number of fused-ring (bicyclic) bond motifs is 1. The summed E-state index contributed by atoms with van der Waals surface area (Å²) in [7, 11) is 0. The molecule has 74 valence electrons. The summed E-state index contributed by atoms with van der Waals surface area (Å²) in [5.41, 5.74) is 7.26. The standard InChI is InChI=1S/C10H12N2OS/c1-10(2)9(13)12-7-4-3-6(11)5-8(7)14-10/h3-5H,11H2,1-2H3,(H,12,13). The van der Waals surface area contributed by atoms with E-state index in [0.29, 0.717) is 0 Å². The molecule has 0 bridgehead atoms. The predicted molar refractivity (Wildman–Crippen MR) is 59.4 cm³/mol. The van der Waals surface area contributed by atoms with Crippen LogP contribution in [0.2, 0.25) is 0 Å². The average Bonchev–Trinajstić information content (AvgIpc) is 2.07. The molecule has 0 aliphatic carbocycles. The average molecular weight is 208 g/mol. The molecule has 0 fully saturated rings. The van der Waals surface area contributed by atoms with Gasteiger partial charge in [0.05, 0.1) is 10.4 Å². The van der Waals surface area contributed by atoms with Crippen molar-refractivity contribution in [1.29, 1.82) is 0 Å². The summed E-state index contributed by atoms with van der Waals surface area (Å²) >= 11 is 1.54. The van der Waals surface area contributed by atoms with Crippen LogP contribution in [-0.2, 0) is 4.79 Å². The summed E-state index contributed by atoms with van der Waals surface area (Å²) in [6, 6.07) is 5.52. The fraction of sp³-hybridized carbons (Fsp3) is 0.300. The molecule has 1 aromatic rings. The Morgan fingerprint density at radius 1 is 1.43 bits per heavy atom. The van der Waals surface area contributed by atoms with E-state index in [1.54, 1.807) is 17.8 Å². The van der Waals surface area contributed by atoms with Crippen molar-refractivity contribution in [2.45, 2.75) is 23.5 Å². The Kier molecular flexibility index (Phi) is 1.96. The minimum Gasteiger partial charge on any atom is -0.399 e. The molecule has 14 heavy (non-hydrogen) atoms. The summed E-state index contributed by atoms with van der Waals surface area (Å²) in [6.45, 7) is 3.80. The summed E-state index contributed by atoms with van der Waals surface area (Å²) in [5.74, 6) is 0.0415. The summed E-state index contributed by atoms with van der Waals surface area (Å²) in [4.78, 5) is 12.6. The lowest BCUT2D eigenvalue weighted by molar-refractivity contribution is -0.117. The molecule has 3 nitrogen and oxygen atoms in total. The first kappa shape index (κ1) is 9.40. The van der Waals surface area contributed by atoms with Gasteiger partial charge < -0.3 is 11.1 Å². The summed E-state index contributed by atoms with van der Waals surface area (Å²) in [6.07, 6.45) is 0. The molecule has 1 heterocycles. The zero-order valence-corrected chi connectivity index (χ0v) is 8.94. The number of nitrogens with two attached hydrogens (primary N) is 1. The summed E-state index contributed by atoms with van der Waals surface area (Å²) < 4.78 is -0.416. The second-order valence-corrected chi connectivity index (χ2v) is 5.49. The maximum atomic E-state index is 11.6. The van der Waals surface area contributed by atoms with Crippen LogP contribution >= 0.6 is 11.8 Å². The van der Waals surface area contributed by atoms with Crippen molar-refractivity contribution < 1.29 is 4.79 Å². The third kappa shape index (κ3) is 1.46. The molecule has 1 aliphatic heterocycles. The smallest absolute Gasteiger partial charge is 0.240 e. The van der Waals surface area contributed by atoms with Gasteiger partial charge in [0, 0.05) is 10.6 Å². The number of thioether (sulfide) groups is 1. The van der Waals surface area contributed by atoms with Gasteiger partial charge in [-0.25, -0.2) is 0 Å². The zero-order chi connectivity index (χ0) is 10.3. The van der Waals surface area contributed by atoms with Gasteiger partial charge in [-0.3, -0.25) is 4.79 Å². The van der Waals surface area contributed by atoms with Crippen molar-refractivity contribution >= 4 is 29.0 Å². The molecule has 3 N–H and O–H groups in total. The van der Waals surface area contributed by atoms with Gasteiger partial charge in [-0.15, -0.1) is 11.8 Å². The highest BCUT2D eigenvalue weighted by molar-refractivity contribution is 8.01. The van der Waals surface area contributed by atoms with Crippen molar-refractivity contribution in [3.8, 4) is 0 Å². The number of carbonyl (C=O) groups is 1. The number of hydrogen-bond donors (Lipinski definition) is 2. The van der Waals surface area contributed by atoms with Gasteiger partial charge in [-0.2, -0.15) is 0 Å². The first-order chi connectivity index (χ1) is 6.49. The first-order valence-corrected chi connectivity index (χ1v) is 5.21. The van der Waals surface area contributed by atoms with Gasteiger partial charge in [0.25, 0.3) is 0 Å². The maximum Gasteiger partial charge on any atom is 0.240 e. The van der Waals surface area contributed by atoms with Gasteiger partial charge in [-0.05, 0) is 32.0 Å². The molecule has 4 heteroatoms. The highest BCUT2D eigenvalue weighted by Crippen LogP contribution is 2.42. The first-order valence-electron chi connectivity index (χ1n) is 4.39. The van der Waals surface area contributed by atoms with Crippen LogP contribution in [0.1, 0.15) is 13.8 Å². The second-order valence-electron chi connectivity index (χ2n) is 3.82. The largest absolute Gasteiger partial charge is 0.399 e. The molecule has 1 amide bonds. The van der Waals surface area contributed by atoms with E-state index in [4.69, 9.17) is 5.73 Å². The molecule has 0 atom stereocenters. The Labute approximate surface area is 87.1 Å². The van der Waals surface area contributed by atoms with Crippen molar-refractivity contribution in [2.24, 2.45) is 0 Å². The maximum absolute atomic E-state index is 11.6. The second kappa shape index (κ2) is 2.92. The van der Waals surface area contributed by atoms with Gasteiger partial charge >= 0.3 is 0 Å². The third-order valence-electron chi connectivity index (χ3n) is 2.17. The number of carbonyl (C=O) groups excluding carboxylic acids is 1. The van der Waals surface area contributed by atoms with E-state index in [2.05, 4.69) is 5.32 Å². The predicted octanol–water partition coefficient (Wildman–Crippen LogP) is 2.09. The zero-order valence-electron chi connectivity index (χ0n) is 8.13. The molecule has 2 rings (SSSR count). The molecule has 0 unspecified atom stereocenters. The Balaban J connectivity index is 2.46. The van der Waals surface area contributed by atoms with E-state index in [1.165, 1.54) is 0 Å². The minimum atomic E-state index is -0.416. The van der Waals surface area contributed by atoms with Crippen LogP contribution in [0.3, 0.4) is 0 Å². The minimum absolute atomic E-state index is 0.0415. The lowest BCUT2D eigenvalue weighted by Gasteiger charge is -2.29. The lowest BCUT2D eigenvalue weighted by atomic mass is 10.1. The molecule has 0 radical (unpaired) electrons. The highest BCUT2D eigenvalue weighted by Gasteiger charge is 2.34. The number of amides is 1. The molecule has 1 aliphatic rings. The highest BCUT2D eigenvalue weighted by atomic mass is 32.2. The number of anilines is 2. The summed E-state index contributed by atoms with van der Waals surface area (Å²) in [5, 5.41) is 2.86. The van der Waals surface area contributed by atoms with Crippen LogP contribution < -0.4 is 11.1 Å². The number of rotatable bonds is 0. The Bertz CT molecular complexity index is 401. The Morgan fingerprint density at radius 3 is 2.86 bits per heavy atom. The number of benzene rings is 1. The van der Waals surface area contributed by atoms with Gasteiger partial charge in [0.2, 0.25) is 5.91 Å². The lowest BCUT2D eigenvalue weighted by Crippen LogP contribution is -2.37. The molecule has 0 spiro atoms. The van der Waals surface area contributed by atoms with Crippen molar-refractivity contribution in [2.75, 3.05) is 11.1 Å². The van der Waals surface area contributed by atoms with Crippen LogP contribution in [0.5, 0.6) is 0 Å².